The molecule has 0 aromatic heterocycles. The summed E-state index contributed by atoms with van der Waals surface area (Å²) < 4.78 is 0.822. The Kier molecular flexibility index (Phi) is 5.77. The van der Waals surface area contributed by atoms with Crippen LogP contribution in [0.25, 0.3) is 0 Å². The van der Waals surface area contributed by atoms with Crippen molar-refractivity contribution < 1.29 is 14.7 Å². The molecule has 0 spiro atoms. The maximum absolute atomic E-state index is 12.3. The van der Waals surface area contributed by atoms with Gasteiger partial charge >= 0.3 is 5.97 Å². The lowest BCUT2D eigenvalue weighted by Gasteiger charge is -2.29. The van der Waals surface area contributed by atoms with Crippen LogP contribution in [0.15, 0.2) is 40.5 Å². The monoisotopic (exact) mass is 377 g/mol. The first-order valence-corrected chi connectivity index (χ1v) is 7.95. The number of carboxylic acids is 1. The second kappa shape index (κ2) is 7.79. The number of para-hydroxylation sites is 1. The third-order valence-electron chi connectivity index (χ3n) is 3.73. The van der Waals surface area contributed by atoms with Gasteiger partial charge in [0.2, 0.25) is 0 Å². The number of piperidine rings is 1. The number of nitriles is 1. The van der Waals surface area contributed by atoms with Crippen LogP contribution in [0.2, 0.25) is 0 Å². The van der Waals surface area contributed by atoms with E-state index in [0.29, 0.717) is 25.9 Å². The lowest BCUT2D eigenvalue weighted by atomic mass is 9.97. The van der Waals surface area contributed by atoms with E-state index in [4.69, 9.17) is 5.11 Å². The van der Waals surface area contributed by atoms with Crippen LogP contribution in [0.1, 0.15) is 12.8 Å². The number of nitrogens with one attached hydrogen (secondary N) is 1. The minimum atomic E-state index is -0.830. The van der Waals surface area contributed by atoms with Gasteiger partial charge in [-0.1, -0.05) is 12.1 Å². The second-order valence-electron chi connectivity index (χ2n) is 5.20. The zero-order chi connectivity index (χ0) is 16.8. The molecule has 1 aromatic rings. The number of anilines is 1. The normalized spacial score (nSPS) is 15.8. The highest BCUT2D eigenvalue weighted by atomic mass is 79.9. The minimum absolute atomic E-state index is 0.00507. The van der Waals surface area contributed by atoms with Crippen LogP contribution in [0.4, 0.5) is 5.69 Å². The summed E-state index contributed by atoms with van der Waals surface area (Å²) in [4.78, 5) is 24.8. The summed E-state index contributed by atoms with van der Waals surface area (Å²) in [7, 11) is 0. The Morgan fingerprint density at radius 2 is 2.00 bits per heavy atom. The summed E-state index contributed by atoms with van der Waals surface area (Å²) in [5, 5.41) is 21.1. The van der Waals surface area contributed by atoms with Crippen molar-refractivity contribution in [3.8, 4) is 6.07 Å². The van der Waals surface area contributed by atoms with Crippen LogP contribution in [0.5, 0.6) is 0 Å². The number of hydrogen-bond acceptors (Lipinski definition) is 4. The Morgan fingerprint density at radius 3 is 2.57 bits per heavy atom. The predicted octanol–water partition coefficient (Wildman–Crippen LogP) is 2.59. The number of halogens is 1. The lowest BCUT2D eigenvalue weighted by Crippen LogP contribution is -2.40. The fourth-order valence-corrected chi connectivity index (χ4v) is 2.77. The molecule has 2 N–H and O–H groups in total. The van der Waals surface area contributed by atoms with Crippen LogP contribution in [0, 0.1) is 17.2 Å². The zero-order valence-electron chi connectivity index (χ0n) is 12.3. The lowest BCUT2D eigenvalue weighted by molar-refractivity contribution is -0.145. The average Bonchev–Trinajstić information content (AvgIpc) is 2.56. The van der Waals surface area contributed by atoms with Crippen molar-refractivity contribution in [2.24, 2.45) is 5.92 Å². The fourth-order valence-electron chi connectivity index (χ4n) is 2.37. The van der Waals surface area contributed by atoms with E-state index < -0.39 is 11.9 Å². The van der Waals surface area contributed by atoms with Gasteiger partial charge in [0.05, 0.1) is 11.6 Å². The summed E-state index contributed by atoms with van der Waals surface area (Å²) in [5.41, 5.74) is 0.743. The molecule has 0 aliphatic carbocycles. The molecular weight excluding hydrogens is 362 g/mol. The quantitative estimate of drug-likeness (QED) is 0.621. The van der Waals surface area contributed by atoms with Crippen LogP contribution in [-0.4, -0.2) is 35.0 Å². The van der Waals surface area contributed by atoms with Gasteiger partial charge in [-0.05, 0) is 40.9 Å². The van der Waals surface area contributed by atoms with Crippen LogP contribution in [0.3, 0.4) is 0 Å². The van der Waals surface area contributed by atoms with Crippen molar-refractivity contribution >= 4 is 33.5 Å². The highest BCUT2D eigenvalue weighted by Crippen LogP contribution is 2.22. The first-order valence-electron chi connectivity index (χ1n) is 7.16. The number of likely N-dealkylation sites (tertiary alicyclic amines) is 1. The summed E-state index contributed by atoms with van der Waals surface area (Å²) in [6.07, 6.45) is 2.21. The molecule has 1 amide bonds. The summed E-state index contributed by atoms with van der Waals surface area (Å²) in [6, 6.07) is 9.27. The third-order valence-corrected chi connectivity index (χ3v) is 4.42. The number of carboxylic acid groups (broad SMARTS) is 1. The fraction of sp³-hybridized carbons (Fsp3) is 0.312. The Bertz CT molecular complexity index is 673. The Labute approximate surface area is 142 Å². The Balaban J connectivity index is 2.02. The predicted molar refractivity (Wildman–Crippen MR) is 88.4 cm³/mol. The van der Waals surface area contributed by atoms with Gasteiger partial charge in [-0.3, -0.25) is 9.59 Å². The van der Waals surface area contributed by atoms with Gasteiger partial charge in [0.25, 0.3) is 5.91 Å². The molecule has 0 radical (unpaired) electrons. The molecule has 0 unspecified atom stereocenters. The van der Waals surface area contributed by atoms with E-state index in [1.54, 1.807) is 0 Å². The van der Waals surface area contributed by atoms with E-state index in [1.807, 2.05) is 30.3 Å². The van der Waals surface area contributed by atoms with Gasteiger partial charge in [-0.15, -0.1) is 0 Å². The van der Waals surface area contributed by atoms with Gasteiger partial charge in [0, 0.05) is 23.8 Å². The summed E-state index contributed by atoms with van der Waals surface area (Å²) >= 11 is 3.38. The topological polar surface area (TPSA) is 93.4 Å². The molecule has 1 aliphatic rings. The van der Waals surface area contributed by atoms with Gasteiger partial charge < -0.3 is 15.3 Å². The number of rotatable bonds is 4. The molecule has 2 rings (SSSR count). The average molecular weight is 378 g/mol. The molecule has 1 aliphatic heterocycles. The van der Waals surface area contributed by atoms with E-state index in [0.717, 1.165) is 10.2 Å². The standard InChI is InChI=1S/C16H16BrN3O3/c17-13-3-1-2-4-14(13)19-10-12(9-18)15(21)20-7-5-11(6-8-20)16(22)23/h1-4,10-11,19H,5-8H2,(H,22,23)/b12-10-. The van der Waals surface area contributed by atoms with Crippen molar-refractivity contribution in [2.75, 3.05) is 18.4 Å². The number of carbonyl (C=O) groups excluding carboxylic acids is 1. The number of benzene rings is 1. The zero-order valence-corrected chi connectivity index (χ0v) is 13.9. The van der Waals surface area contributed by atoms with Crippen molar-refractivity contribution in [3.05, 3.63) is 40.5 Å². The summed E-state index contributed by atoms with van der Waals surface area (Å²) in [6.45, 7) is 0.702. The maximum atomic E-state index is 12.3. The Morgan fingerprint density at radius 1 is 1.35 bits per heavy atom. The highest BCUT2D eigenvalue weighted by molar-refractivity contribution is 9.10. The number of nitrogens with zero attached hydrogens (tertiary/aromatic N) is 2. The van der Waals surface area contributed by atoms with Crippen molar-refractivity contribution in [1.82, 2.24) is 4.90 Å². The molecule has 1 saturated heterocycles. The minimum Gasteiger partial charge on any atom is -0.481 e. The summed E-state index contributed by atoms with van der Waals surface area (Å²) in [5.74, 6) is -1.62. The van der Waals surface area contributed by atoms with Crippen LogP contribution >= 0.6 is 15.9 Å². The molecule has 1 aromatic carbocycles. The maximum Gasteiger partial charge on any atom is 0.306 e. The number of amides is 1. The molecule has 1 heterocycles. The van der Waals surface area contributed by atoms with Crippen LogP contribution < -0.4 is 5.32 Å². The van der Waals surface area contributed by atoms with E-state index in [-0.39, 0.29) is 11.5 Å². The molecule has 6 nitrogen and oxygen atoms in total. The molecular formula is C16H16BrN3O3. The molecule has 0 bridgehead atoms. The molecule has 23 heavy (non-hydrogen) atoms. The number of aliphatic carboxylic acids is 1. The van der Waals surface area contributed by atoms with Crippen LogP contribution in [-0.2, 0) is 9.59 Å². The molecule has 7 heteroatoms. The van der Waals surface area contributed by atoms with Gasteiger partial charge in [-0.2, -0.15) is 5.26 Å². The van der Waals surface area contributed by atoms with Crippen molar-refractivity contribution in [1.29, 1.82) is 5.26 Å². The van der Waals surface area contributed by atoms with E-state index in [9.17, 15) is 14.9 Å². The molecule has 0 atom stereocenters. The van der Waals surface area contributed by atoms with Gasteiger partial charge in [0.15, 0.2) is 0 Å². The first kappa shape index (κ1) is 17.0. The second-order valence-corrected chi connectivity index (χ2v) is 6.05. The smallest absolute Gasteiger partial charge is 0.306 e. The van der Waals surface area contributed by atoms with E-state index in [1.165, 1.54) is 11.1 Å². The van der Waals surface area contributed by atoms with Gasteiger partial charge in [-0.25, -0.2) is 0 Å². The van der Waals surface area contributed by atoms with E-state index >= 15 is 0 Å². The van der Waals surface area contributed by atoms with E-state index in [2.05, 4.69) is 21.2 Å². The Hall–Kier alpha value is -2.33. The van der Waals surface area contributed by atoms with Crippen molar-refractivity contribution in [3.63, 3.8) is 0 Å². The molecule has 120 valence electrons. The number of hydrogen-bond donors (Lipinski definition) is 2. The molecule has 1 fully saturated rings. The van der Waals surface area contributed by atoms with Gasteiger partial charge in [0.1, 0.15) is 11.6 Å². The highest BCUT2D eigenvalue weighted by Gasteiger charge is 2.28. The largest absolute Gasteiger partial charge is 0.481 e. The third kappa shape index (κ3) is 4.33. The first-order chi connectivity index (χ1) is 11.0. The SMILES string of the molecule is N#C/C(=C/Nc1ccccc1Br)C(=O)N1CCC(C(=O)O)CC1. The number of carbonyl (C=O) groups is 2. The van der Waals surface area contributed by atoms with Crippen molar-refractivity contribution in [2.45, 2.75) is 12.8 Å². The molecule has 0 saturated carbocycles.